The first-order valence-corrected chi connectivity index (χ1v) is 4.32. The summed E-state index contributed by atoms with van der Waals surface area (Å²) in [4.78, 5) is 0. The highest BCUT2D eigenvalue weighted by atomic mass is 35.5. The van der Waals surface area contributed by atoms with E-state index < -0.39 is 0 Å². The maximum Gasteiger partial charge on any atom is 0.170 e. The third-order valence-electron chi connectivity index (χ3n) is 1.76. The van der Waals surface area contributed by atoms with E-state index >= 15 is 0 Å². The number of nitrogens with zero attached hydrogens (tertiary/aromatic N) is 1. The number of rotatable bonds is 3. The van der Waals surface area contributed by atoms with Gasteiger partial charge in [-0.3, -0.25) is 0 Å². The molecule has 3 N–H and O–H groups in total. The van der Waals surface area contributed by atoms with Crippen molar-refractivity contribution in [2.24, 2.45) is 10.9 Å². The normalized spacial score (nSPS) is 11.7. The summed E-state index contributed by atoms with van der Waals surface area (Å²) in [6, 6.07) is 5.12. The van der Waals surface area contributed by atoms with E-state index in [1.165, 1.54) is 0 Å². The lowest BCUT2D eigenvalue weighted by Crippen LogP contribution is -2.13. The molecule has 0 saturated carbocycles. The maximum atomic E-state index is 8.45. The van der Waals surface area contributed by atoms with Crippen molar-refractivity contribution < 1.29 is 9.94 Å². The van der Waals surface area contributed by atoms with Crippen LogP contribution in [0.15, 0.2) is 23.4 Å². The summed E-state index contributed by atoms with van der Waals surface area (Å²) in [5.74, 6) is 0.0378. The molecule has 5 heteroatoms. The van der Waals surface area contributed by atoms with Crippen molar-refractivity contribution in [3.05, 3.63) is 34.3 Å². The van der Waals surface area contributed by atoms with Crippen LogP contribution in [-0.2, 0) is 11.3 Å². The van der Waals surface area contributed by atoms with Gasteiger partial charge in [0, 0.05) is 17.7 Å². The van der Waals surface area contributed by atoms with E-state index in [1.54, 1.807) is 25.3 Å². The van der Waals surface area contributed by atoms with Gasteiger partial charge in [0.2, 0.25) is 0 Å². The Hall–Kier alpha value is -1.26. The molecule has 0 aromatic heterocycles. The lowest BCUT2D eigenvalue weighted by atomic mass is 10.1. The number of benzene rings is 1. The smallest absolute Gasteiger partial charge is 0.170 e. The van der Waals surface area contributed by atoms with Crippen molar-refractivity contribution >= 4 is 17.4 Å². The zero-order chi connectivity index (χ0) is 10.6. The molecule has 14 heavy (non-hydrogen) atoms. The fourth-order valence-corrected chi connectivity index (χ4v) is 1.27. The molecule has 76 valence electrons. The third kappa shape index (κ3) is 2.37. The minimum Gasteiger partial charge on any atom is -0.409 e. The van der Waals surface area contributed by atoms with Crippen LogP contribution in [0.5, 0.6) is 0 Å². The monoisotopic (exact) mass is 214 g/mol. The molecule has 0 saturated heterocycles. The molecule has 0 aliphatic heterocycles. The van der Waals surface area contributed by atoms with Crippen LogP contribution in [-0.4, -0.2) is 18.2 Å². The predicted molar refractivity (Wildman–Crippen MR) is 54.7 cm³/mol. The van der Waals surface area contributed by atoms with E-state index in [1.807, 2.05) is 0 Å². The topological polar surface area (TPSA) is 67.8 Å². The van der Waals surface area contributed by atoms with Gasteiger partial charge in [-0.25, -0.2) is 0 Å². The molecular weight excluding hydrogens is 204 g/mol. The van der Waals surface area contributed by atoms with Gasteiger partial charge in [0.15, 0.2) is 5.84 Å². The Labute approximate surface area is 86.9 Å². The van der Waals surface area contributed by atoms with Crippen molar-refractivity contribution in [3.63, 3.8) is 0 Å². The third-order valence-corrected chi connectivity index (χ3v) is 2.11. The van der Waals surface area contributed by atoms with Gasteiger partial charge in [-0.15, -0.1) is 0 Å². The molecule has 1 aromatic carbocycles. The summed E-state index contributed by atoms with van der Waals surface area (Å²) in [6.45, 7) is 0.440. The molecule has 0 radical (unpaired) electrons. The zero-order valence-corrected chi connectivity index (χ0v) is 8.45. The lowest BCUT2D eigenvalue weighted by molar-refractivity contribution is 0.185. The number of amidine groups is 1. The summed E-state index contributed by atoms with van der Waals surface area (Å²) in [5, 5.41) is 11.9. The van der Waals surface area contributed by atoms with Gasteiger partial charge >= 0.3 is 0 Å². The summed E-state index contributed by atoms with van der Waals surface area (Å²) >= 11 is 5.94. The molecule has 0 fully saturated rings. The second kappa shape index (κ2) is 4.83. The molecule has 0 bridgehead atoms. The first-order chi connectivity index (χ1) is 6.69. The van der Waals surface area contributed by atoms with Crippen molar-refractivity contribution in [1.29, 1.82) is 0 Å². The van der Waals surface area contributed by atoms with E-state index in [9.17, 15) is 0 Å². The molecule has 4 nitrogen and oxygen atoms in total. The highest BCUT2D eigenvalue weighted by Gasteiger charge is 2.04. The fraction of sp³-hybridized carbons (Fsp3) is 0.222. The average molecular weight is 215 g/mol. The molecule has 1 rings (SSSR count). The van der Waals surface area contributed by atoms with Crippen LogP contribution in [0.3, 0.4) is 0 Å². The molecule has 0 aliphatic rings. The lowest BCUT2D eigenvalue weighted by Gasteiger charge is -2.04. The van der Waals surface area contributed by atoms with Crippen LogP contribution < -0.4 is 5.73 Å². The number of hydrogen-bond acceptors (Lipinski definition) is 3. The zero-order valence-electron chi connectivity index (χ0n) is 7.70. The van der Waals surface area contributed by atoms with Crippen molar-refractivity contribution in [2.75, 3.05) is 7.11 Å². The molecule has 0 heterocycles. The first-order valence-electron chi connectivity index (χ1n) is 3.94. The largest absolute Gasteiger partial charge is 0.409 e. The Morgan fingerprint density at radius 1 is 1.64 bits per heavy atom. The molecule has 0 unspecified atom stereocenters. The summed E-state index contributed by atoms with van der Waals surface area (Å²) in [7, 11) is 1.59. The van der Waals surface area contributed by atoms with Gasteiger partial charge in [0.25, 0.3) is 0 Å². The van der Waals surface area contributed by atoms with Gasteiger partial charge in [-0.1, -0.05) is 28.9 Å². The Balaban J connectivity index is 3.00. The highest BCUT2D eigenvalue weighted by Crippen LogP contribution is 2.18. The molecule has 0 spiro atoms. The molecule has 0 atom stereocenters. The quantitative estimate of drug-likeness (QED) is 0.348. The number of halogens is 1. The van der Waals surface area contributed by atoms with E-state index in [0.29, 0.717) is 17.2 Å². The van der Waals surface area contributed by atoms with Crippen LogP contribution in [0.25, 0.3) is 0 Å². The van der Waals surface area contributed by atoms with Crippen LogP contribution >= 0.6 is 11.6 Å². The predicted octanol–water partition coefficient (Wildman–Crippen LogP) is 1.58. The number of oxime groups is 1. The van der Waals surface area contributed by atoms with Gasteiger partial charge < -0.3 is 15.7 Å². The van der Waals surface area contributed by atoms with Gasteiger partial charge in [0.05, 0.1) is 6.61 Å². The Bertz CT molecular complexity index is 353. The van der Waals surface area contributed by atoms with Crippen molar-refractivity contribution in [1.82, 2.24) is 0 Å². The first kappa shape index (κ1) is 10.8. The summed E-state index contributed by atoms with van der Waals surface area (Å²) in [5.41, 5.74) is 6.84. The Kier molecular flexibility index (Phi) is 3.73. The van der Waals surface area contributed by atoms with E-state index in [-0.39, 0.29) is 5.84 Å². The van der Waals surface area contributed by atoms with Gasteiger partial charge in [-0.05, 0) is 11.6 Å². The number of nitrogens with two attached hydrogens (primary N) is 1. The Morgan fingerprint density at radius 3 is 2.86 bits per heavy atom. The number of methoxy groups -OCH3 is 1. The van der Waals surface area contributed by atoms with Crippen LogP contribution in [0.1, 0.15) is 11.1 Å². The molecule has 0 amide bonds. The Morgan fingerprint density at radius 2 is 2.36 bits per heavy atom. The molecule has 1 aromatic rings. The van der Waals surface area contributed by atoms with Gasteiger partial charge in [-0.2, -0.15) is 0 Å². The SMILES string of the molecule is COCc1ccc(/C(N)=N/O)cc1Cl. The van der Waals surface area contributed by atoms with E-state index in [0.717, 1.165) is 5.56 Å². The maximum absolute atomic E-state index is 8.45. The average Bonchev–Trinajstić information content (AvgIpc) is 2.20. The molecular formula is C9H11ClN2O2. The minimum absolute atomic E-state index is 0.0378. The van der Waals surface area contributed by atoms with Crippen LogP contribution in [0.4, 0.5) is 0 Å². The minimum atomic E-state index is 0.0378. The summed E-state index contributed by atoms with van der Waals surface area (Å²) < 4.78 is 4.94. The highest BCUT2D eigenvalue weighted by molar-refractivity contribution is 6.31. The van der Waals surface area contributed by atoms with Crippen LogP contribution in [0, 0.1) is 0 Å². The second-order valence-corrected chi connectivity index (χ2v) is 3.13. The fourth-order valence-electron chi connectivity index (χ4n) is 1.04. The summed E-state index contributed by atoms with van der Waals surface area (Å²) in [6.07, 6.45) is 0. The number of hydrogen-bond donors (Lipinski definition) is 2. The van der Waals surface area contributed by atoms with E-state index in [2.05, 4.69) is 5.16 Å². The molecule has 0 aliphatic carbocycles. The standard InChI is InChI=1S/C9H11ClN2O2/c1-14-5-7-3-2-6(4-8(7)10)9(11)12-13/h2-4,13H,5H2,1H3,(H2,11,12). The van der Waals surface area contributed by atoms with Crippen LogP contribution in [0.2, 0.25) is 5.02 Å². The second-order valence-electron chi connectivity index (χ2n) is 2.72. The van der Waals surface area contributed by atoms with Gasteiger partial charge in [0.1, 0.15) is 0 Å². The van der Waals surface area contributed by atoms with Crippen molar-refractivity contribution in [2.45, 2.75) is 6.61 Å². The van der Waals surface area contributed by atoms with Crippen molar-refractivity contribution in [3.8, 4) is 0 Å². The van der Waals surface area contributed by atoms with E-state index in [4.69, 9.17) is 27.3 Å². The number of ether oxygens (including phenoxy) is 1.